The average Bonchev–Trinajstić information content (AvgIpc) is 3.29. The van der Waals surface area contributed by atoms with Crippen LogP contribution in [0.5, 0.6) is 5.75 Å². The SMILES string of the molecule is O=C(c1ccc(Br)cc1O)N1CCC(NCC2CC2)CC1. The molecule has 1 aliphatic heterocycles. The van der Waals surface area contributed by atoms with Gasteiger partial charge in [-0.2, -0.15) is 0 Å². The van der Waals surface area contributed by atoms with Crippen molar-refractivity contribution in [3.8, 4) is 5.75 Å². The van der Waals surface area contributed by atoms with Gasteiger partial charge in [0, 0.05) is 23.6 Å². The van der Waals surface area contributed by atoms with Gasteiger partial charge in [-0.3, -0.25) is 4.79 Å². The number of likely N-dealkylation sites (tertiary alicyclic amines) is 1. The number of rotatable bonds is 4. The maximum Gasteiger partial charge on any atom is 0.257 e. The quantitative estimate of drug-likeness (QED) is 0.875. The number of nitrogens with zero attached hydrogens (tertiary/aromatic N) is 1. The molecule has 2 fully saturated rings. The van der Waals surface area contributed by atoms with Gasteiger partial charge in [0.2, 0.25) is 0 Å². The van der Waals surface area contributed by atoms with E-state index < -0.39 is 0 Å². The molecule has 0 spiro atoms. The zero-order valence-corrected chi connectivity index (χ0v) is 13.6. The molecule has 1 saturated carbocycles. The fourth-order valence-electron chi connectivity index (χ4n) is 2.80. The molecule has 5 heteroatoms. The van der Waals surface area contributed by atoms with E-state index in [4.69, 9.17) is 0 Å². The van der Waals surface area contributed by atoms with Gasteiger partial charge in [0.1, 0.15) is 5.75 Å². The van der Waals surface area contributed by atoms with Crippen molar-refractivity contribution in [1.29, 1.82) is 0 Å². The van der Waals surface area contributed by atoms with Gasteiger partial charge in [0.25, 0.3) is 5.91 Å². The Kier molecular flexibility index (Phi) is 4.50. The van der Waals surface area contributed by atoms with Crippen LogP contribution in [0, 0.1) is 5.92 Å². The van der Waals surface area contributed by atoms with Crippen molar-refractivity contribution in [1.82, 2.24) is 10.2 Å². The van der Waals surface area contributed by atoms with Crippen LogP contribution in [0.25, 0.3) is 0 Å². The maximum atomic E-state index is 12.4. The smallest absolute Gasteiger partial charge is 0.257 e. The summed E-state index contributed by atoms with van der Waals surface area (Å²) in [4.78, 5) is 14.3. The number of benzene rings is 1. The van der Waals surface area contributed by atoms with Crippen molar-refractivity contribution in [3.05, 3.63) is 28.2 Å². The highest BCUT2D eigenvalue weighted by molar-refractivity contribution is 9.10. The van der Waals surface area contributed by atoms with Crippen LogP contribution in [0.1, 0.15) is 36.0 Å². The minimum atomic E-state index is -0.0688. The number of hydrogen-bond donors (Lipinski definition) is 2. The molecule has 1 aliphatic carbocycles. The minimum Gasteiger partial charge on any atom is -0.507 e. The molecule has 1 heterocycles. The summed E-state index contributed by atoms with van der Waals surface area (Å²) >= 11 is 3.29. The van der Waals surface area contributed by atoms with Crippen LogP contribution in [-0.4, -0.2) is 41.6 Å². The molecule has 1 aromatic carbocycles. The van der Waals surface area contributed by atoms with Crippen molar-refractivity contribution >= 4 is 21.8 Å². The minimum absolute atomic E-state index is 0.0448. The summed E-state index contributed by atoms with van der Waals surface area (Å²) in [5, 5.41) is 13.5. The van der Waals surface area contributed by atoms with Gasteiger partial charge < -0.3 is 15.3 Å². The number of carbonyl (C=O) groups is 1. The molecule has 1 amide bonds. The summed E-state index contributed by atoms with van der Waals surface area (Å²) in [6.07, 6.45) is 4.73. The molecule has 0 bridgehead atoms. The molecule has 114 valence electrons. The van der Waals surface area contributed by atoms with Crippen LogP contribution >= 0.6 is 15.9 Å². The first-order valence-corrected chi connectivity index (χ1v) is 8.44. The molecule has 21 heavy (non-hydrogen) atoms. The summed E-state index contributed by atoms with van der Waals surface area (Å²) in [5.74, 6) is 0.869. The summed E-state index contributed by atoms with van der Waals surface area (Å²) in [5.41, 5.74) is 0.391. The molecule has 0 aromatic heterocycles. The first-order valence-electron chi connectivity index (χ1n) is 7.64. The Bertz CT molecular complexity index is 523. The van der Waals surface area contributed by atoms with Gasteiger partial charge in [-0.15, -0.1) is 0 Å². The molecule has 0 radical (unpaired) electrons. The summed E-state index contributed by atoms with van der Waals surface area (Å²) in [6, 6.07) is 5.57. The number of aromatic hydroxyl groups is 1. The second-order valence-electron chi connectivity index (χ2n) is 6.08. The Labute approximate surface area is 133 Å². The Morgan fingerprint density at radius 1 is 1.29 bits per heavy atom. The Morgan fingerprint density at radius 2 is 2.00 bits per heavy atom. The zero-order valence-electron chi connectivity index (χ0n) is 12.0. The Balaban J connectivity index is 1.54. The van der Waals surface area contributed by atoms with Crippen LogP contribution in [0.2, 0.25) is 0 Å². The van der Waals surface area contributed by atoms with Crippen LogP contribution in [-0.2, 0) is 0 Å². The number of hydrogen-bond acceptors (Lipinski definition) is 3. The van der Waals surface area contributed by atoms with Gasteiger partial charge in [-0.25, -0.2) is 0 Å². The molecule has 0 atom stereocenters. The molecule has 2 aliphatic rings. The summed E-state index contributed by atoms with van der Waals surface area (Å²) in [7, 11) is 0. The van der Waals surface area contributed by atoms with Crippen LogP contribution in [0.15, 0.2) is 22.7 Å². The molecule has 1 saturated heterocycles. The highest BCUT2D eigenvalue weighted by Gasteiger charge is 2.27. The number of phenolic OH excluding ortho intramolecular Hbond substituents is 1. The van der Waals surface area contributed by atoms with E-state index in [0.717, 1.165) is 42.9 Å². The lowest BCUT2D eigenvalue weighted by molar-refractivity contribution is 0.0702. The van der Waals surface area contributed by atoms with E-state index in [9.17, 15) is 9.90 Å². The second kappa shape index (κ2) is 6.36. The second-order valence-corrected chi connectivity index (χ2v) is 7.00. The van der Waals surface area contributed by atoms with E-state index in [1.807, 2.05) is 4.90 Å². The van der Waals surface area contributed by atoms with E-state index in [1.165, 1.54) is 12.8 Å². The third-order valence-corrected chi connectivity index (χ3v) is 4.86. The molecule has 2 N–H and O–H groups in total. The molecule has 3 rings (SSSR count). The average molecular weight is 353 g/mol. The van der Waals surface area contributed by atoms with Crippen LogP contribution < -0.4 is 5.32 Å². The van der Waals surface area contributed by atoms with Crippen molar-refractivity contribution in [2.75, 3.05) is 19.6 Å². The van der Waals surface area contributed by atoms with E-state index in [1.54, 1.807) is 18.2 Å². The van der Waals surface area contributed by atoms with Gasteiger partial charge >= 0.3 is 0 Å². The molecule has 1 aromatic rings. The molecule has 0 unspecified atom stereocenters. The van der Waals surface area contributed by atoms with Crippen LogP contribution in [0.4, 0.5) is 0 Å². The maximum absolute atomic E-state index is 12.4. The lowest BCUT2D eigenvalue weighted by Crippen LogP contribution is -2.45. The first kappa shape index (κ1) is 14.9. The van der Waals surface area contributed by atoms with Crippen molar-refractivity contribution in [2.45, 2.75) is 31.7 Å². The normalized spacial score (nSPS) is 19.8. The van der Waals surface area contributed by atoms with E-state index >= 15 is 0 Å². The third kappa shape index (κ3) is 3.77. The van der Waals surface area contributed by atoms with E-state index in [0.29, 0.717) is 11.6 Å². The number of piperidine rings is 1. The van der Waals surface area contributed by atoms with Crippen molar-refractivity contribution < 1.29 is 9.90 Å². The lowest BCUT2D eigenvalue weighted by atomic mass is 10.0. The lowest BCUT2D eigenvalue weighted by Gasteiger charge is -2.32. The number of halogens is 1. The Morgan fingerprint density at radius 3 is 2.62 bits per heavy atom. The summed E-state index contributed by atoms with van der Waals surface area (Å²) < 4.78 is 0.777. The predicted molar refractivity (Wildman–Crippen MR) is 85.5 cm³/mol. The Hall–Kier alpha value is -1.07. The number of phenols is 1. The highest BCUT2D eigenvalue weighted by atomic mass is 79.9. The monoisotopic (exact) mass is 352 g/mol. The fraction of sp³-hybridized carbons (Fsp3) is 0.562. The molecule has 4 nitrogen and oxygen atoms in total. The molecular formula is C16H21BrN2O2. The van der Waals surface area contributed by atoms with E-state index in [2.05, 4.69) is 21.2 Å². The van der Waals surface area contributed by atoms with Gasteiger partial charge in [0.15, 0.2) is 0 Å². The topological polar surface area (TPSA) is 52.6 Å². The van der Waals surface area contributed by atoms with Gasteiger partial charge in [-0.1, -0.05) is 15.9 Å². The molecular weight excluding hydrogens is 332 g/mol. The van der Waals surface area contributed by atoms with Crippen molar-refractivity contribution in [2.24, 2.45) is 5.92 Å². The summed E-state index contributed by atoms with van der Waals surface area (Å²) in [6.45, 7) is 2.65. The fourth-order valence-corrected chi connectivity index (χ4v) is 3.15. The highest BCUT2D eigenvalue weighted by Crippen LogP contribution is 2.28. The zero-order chi connectivity index (χ0) is 14.8. The predicted octanol–water partition coefficient (Wildman–Crippen LogP) is 2.76. The van der Waals surface area contributed by atoms with Crippen molar-refractivity contribution in [3.63, 3.8) is 0 Å². The first-order chi connectivity index (χ1) is 10.1. The number of nitrogens with one attached hydrogen (secondary N) is 1. The number of amides is 1. The third-order valence-electron chi connectivity index (χ3n) is 4.36. The van der Waals surface area contributed by atoms with E-state index in [-0.39, 0.29) is 11.7 Å². The standard InChI is InChI=1S/C16H21BrN2O2/c17-12-3-4-14(15(20)9-12)16(21)19-7-5-13(6-8-19)18-10-11-1-2-11/h3-4,9,11,13,18,20H,1-2,5-8,10H2. The van der Waals surface area contributed by atoms with Gasteiger partial charge in [-0.05, 0) is 56.3 Å². The van der Waals surface area contributed by atoms with Crippen LogP contribution in [0.3, 0.4) is 0 Å². The largest absolute Gasteiger partial charge is 0.507 e. The number of carbonyl (C=O) groups excluding carboxylic acids is 1. The van der Waals surface area contributed by atoms with Gasteiger partial charge in [0.05, 0.1) is 5.56 Å².